The average molecular weight is 247 g/mol. The van der Waals surface area contributed by atoms with E-state index in [0.717, 1.165) is 19.5 Å². The molecule has 1 heterocycles. The van der Waals surface area contributed by atoms with E-state index in [-0.39, 0.29) is 18.0 Å². The van der Waals surface area contributed by atoms with E-state index in [4.69, 9.17) is 5.73 Å². The molecule has 2 rings (SSSR count). The monoisotopic (exact) mass is 247 g/mol. The molecule has 0 saturated carbocycles. The summed E-state index contributed by atoms with van der Waals surface area (Å²) >= 11 is 0. The van der Waals surface area contributed by atoms with Crippen molar-refractivity contribution in [2.24, 2.45) is 5.73 Å². The Morgan fingerprint density at radius 1 is 1.50 bits per heavy atom. The Kier molecular flexibility index (Phi) is 4.33. The number of nitrogens with zero attached hydrogens (tertiary/aromatic N) is 1. The lowest BCUT2D eigenvalue weighted by Gasteiger charge is -2.39. The van der Waals surface area contributed by atoms with Gasteiger partial charge in [0.2, 0.25) is 5.91 Å². The zero-order chi connectivity index (χ0) is 13.0. The van der Waals surface area contributed by atoms with Crippen LogP contribution >= 0.6 is 0 Å². The summed E-state index contributed by atoms with van der Waals surface area (Å²) in [5.41, 5.74) is 6.77. The molecule has 2 atom stereocenters. The molecule has 4 heteroatoms. The molecule has 4 nitrogen and oxygen atoms in total. The van der Waals surface area contributed by atoms with Crippen molar-refractivity contribution in [3.05, 3.63) is 35.9 Å². The van der Waals surface area contributed by atoms with Gasteiger partial charge in [0.1, 0.15) is 6.04 Å². The number of hydrogen-bond acceptors (Lipinski definition) is 3. The molecule has 1 aliphatic heterocycles. The first-order valence-corrected chi connectivity index (χ1v) is 6.54. The van der Waals surface area contributed by atoms with Gasteiger partial charge in [-0.3, -0.25) is 9.69 Å². The number of nitrogens with two attached hydrogens (primary N) is 1. The summed E-state index contributed by atoms with van der Waals surface area (Å²) in [5, 5.41) is 3.23. The van der Waals surface area contributed by atoms with E-state index < -0.39 is 0 Å². The van der Waals surface area contributed by atoms with E-state index in [9.17, 15) is 4.79 Å². The number of amides is 1. The molecule has 1 amide bonds. The third kappa shape index (κ3) is 2.71. The minimum atomic E-state index is -0.239. The van der Waals surface area contributed by atoms with Crippen LogP contribution in [0.5, 0.6) is 0 Å². The lowest BCUT2D eigenvalue weighted by molar-refractivity contribution is -0.125. The minimum absolute atomic E-state index is 0.205. The summed E-state index contributed by atoms with van der Waals surface area (Å²) < 4.78 is 0. The molecule has 18 heavy (non-hydrogen) atoms. The standard InChI is InChI=1S/C14H21N3O/c1-2-12(11-6-4-3-5-7-11)17-9-8-16-10-13(17)14(15)18/h3-7,12-13,16H,2,8-10H2,1H3,(H2,15,18). The van der Waals surface area contributed by atoms with Crippen LogP contribution in [-0.2, 0) is 4.79 Å². The second-order valence-electron chi connectivity index (χ2n) is 4.69. The maximum atomic E-state index is 11.6. The fourth-order valence-corrected chi connectivity index (χ4v) is 2.69. The Morgan fingerprint density at radius 2 is 2.22 bits per heavy atom. The molecule has 0 radical (unpaired) electrons. The van der Waals surface area contributed by atoms with Crippen molar-refractivity contribution in [3.63, 3.8) is 0 Å². The quantitative estimate of drug-likeness (QED) is 0.831. The largest absolute Gasteiger partial charge is 0.368 e. The first-order valence-electron chi connectivity index (χ1n) is 6.54. The van der Waals surface area contributed by atoms with Crippen molar-refractivity contribution in [2.45, 2.75) is 25.4 Å². The first-order chi connectivity index (χ1) is 8.74. The van der Waals surface area contributed by atoms with Crippen molar-refractivity contribution >= 4 is 5.91 Å². The van der Waals surface area contributed by atoms with Gasteiger partial charge in [0.05, 0.1) is 0 Å². The summed E-state index contributed by atoms with van der Waals surface area (Å²) in [6, 6.07) is 10.4. The topological polar surface area (TPSA) is 58.4 Å². The van der Waals surface area contributed by atoms with Crippen molar-refractivity contribution in [1.29, 1.82) is 0 Å². The van der Waals surface area contributed by atoms with Crippen LogP contribution in [0.3, 0.4) is 0 Å². The Balaban J connectivity index is 2.22. The minimum Gasteiger partial charge on any atom is -0.368 e. The van der Waals surface area contributed by atoms with Gasteiger partial charge >= 0.3 is 0 Å². The maximum absolute atomic E-state index is 11.6. The van der Waals surface area contributed by atoms with E-state index in [0.29, 0.717) is 6.54 Å². The number of carbonyl (C=O) groups is 1. The molecule has 98 valence electrons. The number of carbonyl (C=O) groups excluding carboxylic acids is 1. The van der Waals surface area contributed by atoms with Gasteiger partial charge < -0.3 is 11.1 Å². The lowest BCUT2D eigenvalue weighted by Crippen LogP contribution is -2.57. The van der Waals surface area contributed by atoms with E-state index in [1.807, 2.05) is 18.2 Å². The van der Waals surface area contributed by atoms with Gasteiger partial charge in [-0.1, -0.05) is 37.3 Å². The number of nitrogens with one attached hydrogen (secondary N) is 1. The molecule has 1 saturated heterocycles. The van der Waals surface area contributed by atoms with Gasteiger partial charge in [-0.2, -0.15) is 0 Å². The third-order valence-corrected chi connectivity index (χ3v) is 3.58. The van der Waals surface area contributed by atoms with Crippen LogP contribution < -0.4 is 11.1 Å². The molecule has 1 aromatic carbocycles. The van der Waals surface area contributed by atoms with Crippen LogP contribution in [0.25, 0.3) is 0 Å². The number of piperazine rings is 1. The van der Waals surface area contributed by atoms with Gasteiger partial charge in [0.25, 0.3) is 0 Å². The molecule has 0 aliphatic carbocycles. The highest BCUT2D eigenvalue weighted by molar-refractivity contribution is 5.80. The molecule has 0 bridgehead atoms. The summed E-state index contributed by atoms with van der Waals surface area (Å²) in [6.45, 7) is 4.57. The average Bonchev–Trinajstić information content (AvgIpc) is 2.41. The highest BCUT2D eigenvalue weighted by atomic mass is 16.1. The van der Waals surface area contributed by atoms with Gasteiger partial charge in [-0.15, -0.1) is 0 Å². The number of primary amides is 1. The highest BCUT2D eigenvalue weighted by Crippen LogP contribution is 2.26. The molecule has 0 aromatic heterocycles. The highest BCUT2D eigenvalue weighted by Gasteiger charge is 2.31. The third-order valence-electron chi connectivity index (χ3n) is 3.58. The van der Waals surface area contributed by atoms with Gasteiger partial charge in [-0.25, -0.2) is 0 Å². The molecule has 1 fully saturated rings. The lowest BCUT2D eigenvalue weighted by atomic mass is 9.99. The Bertz CT molecular complexity index is 393. The van der Waals surface area contributed by atoms with E-state index >= 15 is 0 Å². The van der Waals surface area contributed by atoms with Crippen LogP contribution in [0, 0.1) is 0 Å². The zero-order valence-corrected chi connectivity index (χ0v) is 10.8. The van der Waals surface area contributed by atoms with Crippen molar-refractivity contribution in [2.75, 3.05) is 19.6 Å². The number of hydrogen-bond donors (Lipinski definition) is 2. The molecular weight excluding hydrogens is 226 g/mol. The van der Waals surface area contributed by atoms with Crippen LogP contribution in [0.1, 0.15) is 24.9 Å². The summed E-state index contributed by atoms with van der Waals surface area (Å²) in [4.78, 5) is 13.8. The summed E-state index contributed by atoms with van der Waals surface area (Å²) in [7, 11) is 0. The second-order valence-corrected chi connectivity index (χ2v) is 4.69. The predicted molar refractivity (Wildman–Crippen MR) is 72.0 cm³/mol. The van der Waals surface area contributed by atoms with Gasteiger partial charge in [0, 0.05) is 25.7 Å². The fourth-order valence-electron chi connectivity index (χ4n) is 2.69. The molecule has 1 aliphatic rings. The van der Waals surface area contributed by atoms with Crippen LogP contribution in [0.15, 0.2) is 30.3 Å². The maximum Gasteiger partial charge on any atom is 0.236 e. The van der Waals surface area contributed by atoms with Crippen LogP contribution in [-0.4, -0.2) is 36.5 Å². The smallest absolute Gasteiger partial charge is 0.236 e. The molecule has 3 N–H and O–H groups in total. The first kappa shape index (κ1) is 13.1. The second kappa shape index (κ2) is 5.98. The molecule has 1 aromatic rings. The predicted octanol–water partition coefficient (Wildman–Crippen LogP) is 0.897. The van der Waals surface area contributed by atoms with E-state index in [1.165, 1.54) is 5.56 Å². The molecule has 0 spiro atoms. The van der Waals surface area contributed by atoms with Crippen molar-refractivity contribution < 1.29 is 4.79 Å². The van der Waals surface area contributed by atoms with Gasteiger partial charge in [0.15, 0.2) is 0 Å². The fraction of sp³-hybridized carbons (Fsp3) is 0.500. The summed E-state index contributed by atoms with van der Waals surface area (Å²) in [6.07, 6.45) is 0.980. The molecule has 2 unspecified atom stereocenters. The Morgan fingerprint density at radius 3 is 2.83 bits per heavy atom. The van der Waals surface area contributed by atoms with Crippen molar-refractivity contribution in [1.82, 2.24) is 10.2 Å². The zero-order valence-electron chi connectivity index (χ0n) is 10.8. The van der Waals surface area contributed by atoms with E-state index in [2.05, 4.69) is 29.3 Å². The summed E-state index contributed by atoms with van der Waals surface area (Å²) in [5.74, 6) is -0.239. The van der Waals surface area contributed by atoms with Crippen LogP contribution in [0.4, 0.5) is 0 Å². The molecular formula is C14H21N3O. The van der Waals surface area contributed by atoms with Crippen LogP contribution in [0.2, 0.25) is 0 Å². The van der Waals surface area contributed by atoms with Crippen molar-refractivity contribution in [3.8, 4) is 0 Å². The Labute approximate surface area is 108 Å². The van der Waals surface area contributed by atoms with Gasteiger partial charge in [-0.05, 0) is 12.0 Å². The Hall–Kier alpha value is -1.39. The normalized spacial score (nSPS) is 22.6. The van der Waals surface area contributed by atoms with E-state index in [1.54, 1.807) is 0 Å². The number of benzene rings is 1. The SMILES string of the molecule is CCC(c1ccccc1)N1CCNCC1C(N)=O. The number of rotatable bonds is 4.